The third kappa shape index (κ3) is 5.03. The summed E-state index contributed by atoms with van der Waals surface area (Å²) in [6, 6.07) is 16.9. The second-order valence-corrected chi connectivity index (χ2v) is 6.95. The maximum absolute atomic E-state index is 9.36. The minimum atomic E-state index is 0.212. The molecule has 3 rings (SSSR count). The molecule has 2 aromatic rings. The van der Waals surface area contributed by atoms with Crippen molar-refractivity contribution in [2.45, 2.75) is 32.2 Å². The van der Waals surface area contributed by atoms with Crippen molar-refractivity contribution in [2.75, 3.05) is 31.1 Å². The summed E-state index contributed by atoms with van der Waals surface area (Å²) in [6.45, 7) is 5.40. The highest BCUT2D eigenvalue weighted by Crippen LogP contribution is 2.23. The van der Waals surface area contributed by atoms with E-state index >= 15 is 0 Å². The van der Waals surface area contributed by atoms with Crippen LogP contribution in [0.2, 0.25) is 0 Å². The van der Waals surface area contributed by atoms with Gasteiger partial charge in [-0.25, -0.2) is 4.98 Å². The van der Waals surface area contributed by atoms with Crippen molar-refractivity contribution in [3.8, 4) is 0 Å². The lowest BCUT2D eigenvalue weighted by Gasteiger charge is -2.34. The predicted molar refractivity (Wildman–Crippen MR) is 103 cm³/mol. The summed E-state index contributed by atoms with van der Waals surface area (Å²) in [5.74, 6) is 1.79. The molecule has 1 atom stereocenters. The largest absolute Gasteiger partial charge is 0.396 e. The second-order valence-electron chi connectivity index (χ2n) is 6.95. The van der Waals surface area contributed by atoms with Gasteiger partial charge in [0.05, 0.1) is 0 Å². The van der Waals surface area contributed by atoms with E-state index in [1.165, 1.54) is 18.4 Å². The summed E-state index contributed by atoms with van der Waals surface area (Å²) >= 11 is 0. The van der Waals surface area contributed by atoms with E-state index in [4.69, 9.17) is 0 Å². The van der Waals surface area contributed by atoms with Crippen LogP contribution in [0.1, 0.15) is 36.6 Å². The van der Waals surface area contributed by atoms with Gasteiger partial charge in [-0.1, -0.05) is 36.4 Å². The van der Waals surface area contributed by atoms with Crippen LogP contribution in [0.3, 0.4) is 0 Å². The van der Waals surface area contributed by atoms with Gasteiger partial charge in [0, 0.05) is 31.4 Å². The smallest absolute Gasteiger partial charge is 0.128 e. The Morgan fingerprint density at radius 3 is 2.56 bits per heavy atom. The highest BCUT2D eigenvalue weighted by atomic mass is 16.3. The molecule has 134 valence electrons. The number of nitrogens with zero attached hydrogens (tertiary/aromatic N) is 2. The van der Waals surface area contributed by atoms with Gasteiger partial charge in [0.2, 0.25) is 0 Å². The first-order valence-corrected chi connectivity index (χ1v) is 9.34. The average molecular weight is 339 g/mol. The van der Waals surface area contributed by atoms with E-state index in [-0.39, 0.29) is 12.6 Å². The fraction of sp³-hybridized carbons (Fsp3) is 0.476. The highest BCUT2D eigenvalue weighted by molar-refractivity contribution is 5.39. The molecule has 4 heteroatoms. The Hall–Kier alpha value is -1.91. The first-order chi connectivity index (χ1) is 12.3. The molecule has 1 fully saturated rings. The fourth-order valence-electron chi connectivity index (χ4n) is 3.58. The van der Waals surface area contributed by atoms with Crippen molar-refractivity contribution in [3.05, 3.63) is 59.8 Å². The lowest BCUT2D eigenvalue weighted by molar-refractivity contribution is 0.258. The molecule has 1 saturated heterocycles. The molecule has 2 heterocycles. The Labute approximate surface area is 150 Å². The third-order valence-corrected chi connectivity index (χ3v) is 5.08. The van der Waals surface area contributed by atoms with E-state index in [1.807, 2.05) is 19.1 Å². The van der Waals surface area contributed by atoms with Crippen molar-refractivity contribution in [1.29, 1.82) is 0 Å². The topological polar surface area (TPSA) is 48.4 Å². The number of hydrogen-bond donors (Lipinski definition) is 2. The van der Waals surface area contributed by atoms with E-state index in [1.54, 1.807) is 0 Å². The van der Waals surface area contributed by atoms with Gasteiger partial charge in [-0.3, -0.25) is 0 Å². The number of aliphatic hydroxyl groups is 1. The average Bonchev–Trinajstić information content (AvgIpc) is 2.66. The fourth-order valence-corrected chi connectivity index (χ4v) is 3.58. The summed E-state index contributed by atoms with van der Waals surface area (Å²) in [4.78, 5) is 7.04. The van der Waals surface area contributed by atoms with E-state index in [2.05, 4.69) is 51.6 Å². The quantitative estimate of drug-likeness (QED) is 0.812. The molecule has 0 amide bonds. The van der Waals surface area contributed by atoms with Crippen LogP contribution in [0.5, 0.6) is 0 Å². The second kappa shape index (κ2) is 8.97. The number of anilines is 1. The Morgan fingerprint density at radius 1 is 1.12 bits per heavy atom. The van der Waals surface area contributed by atoms with Crippen LogP contribution < -0.4 is 10.2 Å². The molecule has 4 nitrogen and oxygen atoms in total. The molecule has 25 heavy (non-hydrogen) atoms. The number of pyridine rings is 1. The van der Waals surface area contributed by atoms with Crippen molar-refractivity contribution in [3.63, 3.8) is 0 Å². The maximum atomic E-state index is 9.36. The molecule has 1 aliphatic rings. The number of hydrogen-bond acceptors (Lipinski definition) is 4. The highest BCUT2D eigenvalue weighted by Gasteiger charge is 2.21. The zero-order valence-corrected chi connectivity index (χ0v) is 15.1. The summed E-state index contributed by atoms with van der Waals surface area (Å²) in [5.41, 5.74) is 2.34. The maximum Gasteiger partial charge on any atom is 0.128 e. The van der Waals surface area contributed by atoms with Crippen LogP contribution in [-0.4, -0.2) is 36.3 Å². The Kier molecular flexibility index (Phi) is 6.42. The molecule has 0 unspecified atom stereocenters. The SMILES string of the molecule is Cc1cccc(N2CCC(CN[C@H](CCO)c3ccccc3)CC2)n1. The number of rotatable bonds is 7. The molecule has 1 aliphatic heterocycles. The standard InChI is InChI=1S/C21H29N3O/c1-17-6-5-9-21(23-17)24-13-10-18(11-14-24)16-22-20(12-15-25)19-7-3-2-4-8-19/h2-9,18,20,22,25H,10-16H2,1H3/t20-/m1/s1. The molecule has 1 aromatic heterocycles. The van der Waals surface area contributed by atoms with Gasteiger partial charge < -0.3 is 15.3 Å². The van der Waals surface area contributed by atoms with Gasteiger partial charge in [-0.05, 0) is 56.3 Å². The van der Waals surface area contributed by atoms with Crippen LogP contribution >= 0.6 is 0 Å². The zero-order chi connectivity index (χ0) is 17.5. The number of aliphatic hydroxyl groups excluding tert-OH is 1. The van der Waals surface area contributed by atoms with Crippen molar-refractivity contribution in [1.82, 2.24) is 10.3 Å². The van der Waals surface area contributed by atoms with Gasteiger partial charge in [-0.2, -0.15) is 0 Å². The Morgan fingerprint density at radius 2 is 1.88 bits per heavy atom. The summed E-state index contributed by atoms with van der Waals surface area (Å²) in [6.07, 6.45) is 3.13. The first-order valence-electron chi connectivity index (χ1n) is 9.34. The Bertz CT molecular complexity index is 639. The molecular formula is C21H29N3O. The molecular weight excluding hydrogens is 310 g/mol. The molecule has 0 bridgehead atoms. The van der Waals surface area contributed by atoms with Gasteiger partial charge in [0.1, 0.15) is 5.82 Å². The van der Waals surface area contributed by atoms with Gasteiger partial charge in [0.25, 0.3) is 0 Å². The summed E-state index contributed by atoms with van der Waals surface area (Å²) in [7, 11) is 0. The van der Waals surface area contributed by atoms with Crippen LogP contribution in [-0.2, 0) is 0 Å². The van der Waals surface area contributed by atoms with Crippen LogP contribution in [0, 0.1) is 12.8 Å². The van der Waals surface area contributed by atoms with Crippen molar-refractivity contribution < 1.29 is 5.11 Å². The van der Waals surface area contributed by atoms with E-state index in [0.29, 0.717) is 5.92 Å². The minimum absolute atomic E-state index is 0.212. The van der Waals surface area contributed by atoms with E-state index in [0.717, 1.165) is 37.6 Å². The predicted octanol–water partition coefficient (Wildman–Crippen LogP) is 3.32. The number of aromatic nitrogens is 1. The number of benzene rings is 1. The summed E-state index contributed by atoms with van der Waals surface area (Å²) in [5, 5.41) is 13.0. The molecule has 0 spiro atoms. The molecule has 1 aromatic carbocycles. The normalized spacial score (nSPS) is 16.8. The Balaban J connectivity index is 1.50. The van der Waals surface area contributed by atoms with E-state index < -0.39 is 0 Å². The molecule has 0 radical (unpaired) electrons. The first kappa shape index (κ1) is 17.9. The van der Waals surface area contributed by atoms with Crippen LogP contribution in [0.4, 0.5) is 5.82 Å². The zero-order valence-electron chi connectivity index (χ0n) is 15.1. The molecule has 0 aliphatic carbocycles. The van der Waals surface area contributed by atoms with Gasteiger partial charge >= 0.3 is 0 Å². The number of piperidine rings is 1. The molecule has 2 N–H and O–H groups in total. The monoisotopic (exact) mass is 339 g/mol. The van der Waals surface area contributed by atoms with Crippen molar-refractivity contribution >= 4 is 5.82 Å². The van der Waals surface area contributed by atoms with Crippen molar-refractivity contribution in [2.24, 2.45) is 5.92 Å². The van der Waals surface area contributed by atoms with Gasteiger partial charge in [0.15, 0.2) is 0 Å². The van der Waals surface area contributed by atoms with Gasteiger partial charge in [-0.15, -0.1) is 0 Å². The van der Waals surface area contributed by atoms with E-state index in [9.17, 15) is 5.11 Å². The lowest BCUT2D eigenvalue weighted by atomic mass is 9.95. The third-order valence-electron chi connectivity index (χ3n) is 5.08. The molecule has 0 saturated carbocycles. The van der Waals surface area contributed by atoms with Crippen LogP contribution in [0.25, 0.3) is 0 Å². The summed E-state index contributed by atoms with van der Waals surface area (Å²) < 4.78 is 0. The number of nitrogens with one attached hydrogen (secondary N) is 1. The number of aryl methyl sites for hydroxylation is 1. The van der Waals surface area contributed by atoms with Crippen LogP contribution in [0.15, 0.2) is 48.5 Å². The lowest BCUT2D eigenvalue weighted by Crippen LogP contribution is -2.38. The minimum Gasteiger partial charge on any atom is -0.396 e.